The third-order valence-electron chi connectivity index (χ3n) is 2.39. The van der Waals surface area contributed by atoms with Crippen LogP contribution in [0.4, 0.5) is 4.39 Å². The van der Waals surface area contributed by atoms with Gasteiger partial charge in [0.2, 0.25) is 5.78 Å². The monoisotopic (exact) mass is 327 g/mol. The fourth-order valence-corrected chi connectivity index (χ4v) is 2.43. The Bertz CT molecular complexity index is 577. The van der Waals surface area contributed by atoms with Gasteiger partial charge in [-0.3, -0.25) is 4.79 Å². The maximum atomic E-state index is 12.9. The van der Waals surface area contributed by atoms with Crippen LogP contribution in [0.3, 0.4) is 0 Å². The van der Waals surface area contributed by atoms with E-state index in [2.05, 4.69) is 20.9 Å². The minimum absolute atomic E-state index is 0.00692. The molecule has 1 aromatic heterocycles. The summed E-state index contributed by atoms with van der Waals surface area (Å²) in [6.07, 6.45) is 0.973. The number of halogens is 3. The summed E-state index contributed by atoms with van der Waals surface area (Å²) in [7, 11) is 0. The van der Waals surface area contributed by atoms with Crippen molar-refractivity contribution in [3.05, 3.63) is 62.6 Å². The van der Waals surface area contributed by atoms with Crippen LogP contribution in [0.5, 0.6) is 0 Å². The highest BCUT2D eigenvalue weighted by Gasteiger charge is 2.17. The molecular weight excluding hydrogens is 321 g/mol. The average Bonchev–Trinajstić information content (AvgIpc) is 2.28. The lowest BCUT2D eigenvalue weighted by Gasteiger charge is -2.05. The molecule has 0 amide bonds. The second kappa shape index (κ2) is 5.16. The van der Waals surface area contributed by atoms with E-state index >= 15 is 0 Å². The number of carbonyl (C=O) groups excluding carboxylic acids is 1. The van der Waals surface area contributed by atoms with Crippen LogP contribution < -0.4 is 0 Å². The van der Waals surface area contributed by atoms with Crippen LogP contribution in [0.15, 0.2) is 34.9 Å². The third-order valence-corrected chi connectivity index (χ3v) is 3.34. The Kier molecular flexibility index (Phi) is 3.78. The summed E-state index contributed by atoms with van der Waals surface area (Å²) in [6.45, 7) is 1.92. The molecule has 2 nitrogen and oxygen atoms in total. The fourth-order valence-electron chi connectivity index (χ4n) is 1.51. The van der Waals surface area contributed by atoms with Crippen molar-refractivity contribution in [1.82, 2.24) is 4.98 Å². The average molecular weight is 329 g/mol. The standard InChI is InChI=1S/C13H8BrClFNO/c1-7-2-3-9(10(14)4-7)13(18)12-11(15)5-8(16)6-17-12/h2-6H,1H3. The molecule has 0 N–H and O–H groups in total. The van der Waals surface area contributed by atoms with E-state index in [0.29, 0.717) is 10.0 Å². The molecule has 0 saturated heterocycles. The van der Waals surface area contributed by atoms with Gasteiger partial charge >= 0.3 is 0 Å². The summed E-state index contributed by atoms with van der Waals surface area (Å²) in [5.41, 5.74) is 1.51. The van der Waals surface area contributed by atoms with Crippen LogP contribution in [-0.2, 0) is 0 Å². The molecule has 18 heavy (non-hydrogen) atoms. The van der Waals surface area contributed by atoms with Crippen LogP contribution in [0, 0.1) is 12.7 Å². The van der Waals surface area contributed by atoms with Crippen LogP contribution in [-0.4, -0.2) is 10.8 Å². The summed E-state index contributed by atoms with van der Waals surface area (Å²) in [5, 5.41) is 0.00692. The van der Waals surface area contributed by atoms with Gasteiger partial charge in [-0.1, -0.05) is 33.6 Å². The number of aromatic nitrogens is 1. The highest BCUT2D eigenvalue weighted by Crippen LogP contribution is 2.24. The van der Waals surface area contributed by atoms with Crippen LogP contribution in [0.2, 0.25) is 5.02 Å². The van der Waals surface area contributed by atoms with E-state index in [1.165, 1.54) is 0 Å². The van der Waals surface area contributed by atoms with E-state index in [1.54, 1.807) is 6.07 Å². The van der Waals surface area contributed by atoms with E-state index in [9.17, 15) is 9.18 Å². The summed E-state index contributed by atoms with van der Waals surface area (Å²) in [6, 6.07) is 6.40. The maximum absolute atomic E-state index is 12.9. The molecular formula is C13H8BrClFNO. The number of nitrogens with zero attached hydrogens (tertiary/aromatic N) is 1. The van der Waals surface area contributed by atoms with Crippen molar-refractivity contribution in [3.8, 4) is 0 Å². The lowest BCUT2D eigenvalue weighted by Crippen LogP contribution is -2.06. The highest BCUT2D eigenvalue weighted by atomic mass is 79.9. The number of pyridine rings is 1. The van der Waals surface area contributed by atoms with E-state index in [4.69, 9.17) is 11.6 Å². The minimum Gasteiger partial charge on any atom is -0.287 e. The molecule has 92 valence electrons. The molecule has 2 aromatic rings. The molecule has 1 aromatic carbocycles. The van der Waals surface area contributed by atoms with Gasteiger partial charge in [-0.25, -0.2) is 9.37 Å². The van der Waals surface area contributed by atoms with Crippen LogP contribution in [0.1, 0.15) is 21.6 Å². The van der Waals surface area contributed by atoms with E-state index in [-0.39, 0.29) is 16.5 Å². The normalized spacial score (nSPS) is 10.4. The summed E-state index contributed by atoms with van der Waals surface area (Å²) in [4.78, 5) is 16.0. The van der Waals surface area contributed by atoms with E-state index in [0.717, 1.165) is 17.8 Å². The summed E-state index contributed by atoms with van der Waals surface area (Å²) < 4.78 is 13.5. The van der Waals surface area contributed by atoms with Crippen molar-refractivity contribution in [1.29, 1.82) is 0 Å². The van der Waals surface area contributed by atoms with Crippen molar-refractivity contribution in [3.63, 3.8) is 0 Å². The second-order valence-electron chi connectivity index (χ2n) is 3.80. The molecule has 0 saturated carbocycles. The second-order valence-corrected chi connectivity index (χ2v) is 5.06. The number of carbonyl (C=O) groups is 1. The maximum Gasteiger partial charge on any atom is 0.214 e. The lowest BCUT2D eigenvalue weighted by atomic mass is 10.1. The first-order valence-corrected chi connectivity index (χ1v) is 6.28. The van der Waals surface area contributed by atoms with Gasteiger partial charge < -0.3 is 0 Å². The number of benzene rings is 1. The number of hydrogen-bond donors (Lipinski definition) is 0. The Morgan fingerprint density at radius 3 is 2.72 bits per heavy atom. The zero-order valence-corrected chi connectivity index (χ0v) is 11.7. The Morgan fingerprint density at radius 2 is 2.11 bits per heavy atom. The lowest BCUT2D eigenvalue weighted by molar-refractivity contribution is 0.103. The molecule has 0 aliphatic heterocycles. The SMILES string of the molecule is Cc1ccc(C(=O)c2ncc(F)cc2Cl)c(Br)c1. The first-order valence-electron chi connectivity index (χ1n) is 5.11. The van der Waals surface area contributed by atoms with Gasteiger partial charge in [-0.2, -0.15) is 0 Å². The fraction of sp³-hybridized carbons (Fsp3) is 0.0769. The summed E-state index contributed by atoms with van der Waals surface area (Å²) in [5.74, 6) is -0.911. The van der Waals surface area contributed by atoms with Gasteiger partial charge in [-0.15, -0.1) is 0 Å². The Hall–Kier alpha value is -1.26. The number of hydrogen-bond acceptors (Lipinski definition) is 2. The molecule has 0 atom stereocenters. The highest BCUT2D eigenvalue weighted by molar-refractivity contribution is 9.10. The molecule has 1 heterocycles. The van der Waals surface area contributed by atoms with Gasteiger partial charge in [0.25, 0.3) is 0 Å². The van der Waals surface area contributed by atoms with Gasteiger partial charge in [-0.05, 0) is 30.7 Å². The Labute approximate surface area is 117 Å². The zero-order chi connectivity index (χ0) is 13.3. The minimum atomic E-state index is -0.570. The third kappa shape index (κ3) is 2.60. The van der Waals surface area contributed by atoms with Gasteiger partial charge in [0, 0.05) is 10.0 Å². The van der Waals surface area contributed by atoms with Crippen molar-refractivity contribution in [2.45, 2.75) is 6.92 Å². The van der Waals surface area contributed by atoms with Crippen molar-refractivity contribution in [2.75, 3.05) is 0 Å². The molecule has 2 rings (SSSR count). The Morgan fingerprint density at radius 1 is 1.39 bits per heavy atom. The van der Waals surface area contributed by atoms with Gasteiger partial charge in [0.15, 0.2) is 0 Å². The molecule has 0 spiro atoms. The van der Waals surface area contributed by atoms with Crippen LogP contribution in [0.25, 0.3) is 0 Å². The van der Waals surface area contributed by atoms with Crippen molar-refractivity contribution >= 4 is 33.3 Å². The molecule has 0 unspecified atom stereocenters. The molecule has 0 bridgehead atoms. The molecule has 0 aliphatic carbocycles. The number of aryl methyl sites for hydroxylation is 1. The quantitative estimate of drug-likeness (QED) is 0.774. The first kappa shape index (κ1) is 13.2. The van der Waals surface area contributed by atoms with Crippen LogP contribution >= 0.6 is 27.5 Å². The topological polar surface area (TPSA) is 30.0 Å². The van der Waals surface area contributed by atoms with E-state index in [1.807, 2.05) is 19.1 Å². The van der Waals surface area contributed by atoms with Crippen molar-refractivity contribution in [2.24, 2.45) is 0 Å². The number of rotatable bonds is 2. The predicted octanol–water partition coefficient (Wildman–Crippen LogP) is 4.18. The largest absolute Gasteiger partial charge is 0.287 e. The molecule has 0 radical (unpaired) electrons. The Balaban J connectivity index is 2.48. The zero-order valence-electron chi connectivity index (χ0n) is 9.38. The summed E-state index contributed by atoms with van der Waals surface area (Å²) >= 11 is 9.14. The van der Waals surface area contributed by atoms with Gasteiger partial charge in [0.1, 0.15) is 11.5 Å². The molecule has 5 heteroatoms. The molecule has 0 fully saturated rings. The smallest absolute Gasteiger partial charge is 0.214 e. The first-order chi connectivity index (χ1) is 8.49. The predicted molar refractivity (Wildman–Crippen MR) is 71.5 cm³/mol. The van der Waals surface area contributed by atoms with Crippen molar-refractivity contribution < 1.29 is 9.18 Å². The van der Waals surface area contributed by atoms with E-state index < -0.39 is 5.82 Å². The number of ketones is 1. The van der Waals surface area contributed by atoms with Gasteiger partial charge in [0.05, 0.1) is 11.2 Å². The molecule has 0 aliphatic rings.